The lowest BCUT2D eigenvalue weighted by atomic mass is 9.85. The zero-order chi connectivity index (χ0) is 27.5. The molecule has 1 N–H and O–H groups in total. The zero-order valence-corrected chi connectivity index (χ0v) is 26.0. The smallest absolute Gasteiger partial charge is 0.00174 e. The molecule has 1 heteroatoms. The minimum atomic E-state index is 0.639. The average molecular weight is 508 g/mol. The van der Waals surface area contributed by atoms with E-state index in [0.29, 0.717) is 11.8 Å². The Labute approximate surface area is 232 Å². The van der Waals surface area contributed by atoms with Crippen molar-refractivity contribution in [2.75, 3.05) is 13.1 Å². The summed E-state index contributed by atoms with van der Waals surface area (Å²) in [7, 11) is 0. The molecule has 0 saturated carbocycles. The average Bonchev–Trinajstić information content (AvgIpc) is 2.82. The molecule has 1 nitrogen and oxygen atoms in total. The third kappa shape index (κ3) is 18.3. The highest BCUT2D eigenvalue weighted by molar-refractivity contribution is 5.12. The van der Waals surface area contributed by atoms with E-state index in [0.717, 1.165) is 6.54 Å². The van der Waals surface area contributed by atoms with E-state index in [9.17, 15) is 0 Å². The predicted octanol–water partition coefficient (Wildman–Crippen LogP) is 11.2. The summed E-state index contributed by atoms with van der Waals surface area (Å²) in [6, 6.07) is 0. The fourth-order valence-electron chi connectivity index (χ4n) is 5.01. The molecular weight excluding hydrogens is 446 g/mol. The van der Waals surface area contributed by atoms with E-state index < -0.39 is 0 Å². The standard InChI is InChI=1S/C36H61N/c1-29(2)15-11-17-31(5)19-13-20-33(7)24-25-36-27-35(22-9-10-26-37-28-34(36)8)23-14-21-32(6)18-12-16-30(3)4/h15-16,19,21,24,27,34,36-37H,9-14,17-18,20,22-23,25-26,28H2,1-8H3/b31-19+,32-21+,33-24+,35-27+. The highest BCUT2D eigenvalue weighted by Crippen LogP contribution is 2.26. The molecule has 1 aliphatic rings. The van der Waals surface area contributed by atoms with E-state index in [1.165, 1.54) is 100 Å². The van der Waals surface area contributed by atoms with Gasteiger partial charge >= 0.3 is 0 Å². The van der Waals surface area contributed by atoms with Crippen molar-refractivity contribution in [2.24, 2.45) is 11.8 Å². The maximum absolute atomic E-state index is 3.72. The fraction of sp³-hybridized carbons (Fsp3) is 0.667. The predicted molar refractivity (Wildman–Crippen MR) is 169 cm³/mol. The van der Waals surface area contributed by atoms with Crippen LogP contribution in [0.25, 0.3) is 0 Å². The molecule has 0 amide bonds. The van der Waals surface area contributed by atoms with E-state index in [-0.39, 0.29) is 0 Å². The van der Waals surface area contributed by atoms with Crippen LogP contribution in [-0.2, 0) is 0 Å². The third-order valence-electron chi connectivity index (χ3n) is 7.66. The van der Waals surface area contributed by atoms with E-state index >= 15 is 0 Å². The number of hydrogen-bond donors (Lipinski definition) is 1. The minimum absolute atomic E-state index is 0.639. The first kappa shape index (κ1) is 33.4. The third-order valence-corrected chi connectivity index (χ3v) is 7.66. The van der Waals surface area contributed by atoms with Crippen molar-refractivity contribution in [1.29, 1.82) is 0 Å². The lowest BCUT2D eigenvalue weighted by Crippen LogP contribution is -2.27. The molecule has 0 saturated heterocycles. The number of nitrogens with one attached hydrogen (secondary N) is 1. The quantitative estimate of drug-likeness (QED) is 0.230. The van der Waals surface area contributed by atoms with Crippen LogP contribution >= 0.6 is 0 Å². The summed E-state index contributed by atoms with van der Waals surface area (Å²) >= 11 is 0. The highest BCUT2D eigenvalue weighted by atomic mass is 14.9. The van der Waals surface area contributed by atoms with Gasteiger partial charge in [0, 0.05) is 0 Å². The molecule has 0 aromatic rings. The molecule has 0 aromatic heterocycles. The van der Waals surface area contributed by atoms with Crippen LogP contribution in [0, 0.1) is 11.8 Å². The second-order valence-corrected chi connectivity index (χ2v) is 12.2. The molecule has 0 radical (unpaired) electrons. The summed E-state index contributed by atoms with van der Waals surface area (Å²) in [4.78, 5) is 0. The monoisotopic (exact) mass is 507 g/mol. The number of rotatable bonds is 14. The van der Waals surface area contributed by atoms with Crippen LogP contribution in [0.3, 0.4) is 0 Å². The second-order valence-electron chi connectivity index (χ2n) is 12.2. The van der Waals surface area contributed by atoms with Crippen LogP contribution in [-0.4, -0.2) is 13.1 Å². The zero-order valence-electron chi connectivity index (χ0n) is 26.0. The van der Waals surface area contributed by atoms with Crippen LogP contribution in [0.4, 0.5) is 0 Å². The molecule has 2 atom stereocenters. The molecule has 0 aliphatic carbocycles. The summed E-state index contributed by atoms with van der Waals surface area (Å²) in [5.74, 6) is 1.32. The van der Waals surface area contributed by atoms with E-state index in [1.54, 1.807) is 16.7 Å². The van der Waals surface area contributed by atoms with Gasteiger partial charge in [-0.05, 0) is 150 Å². The maximum atomic E-state index is 3.72. The van der Waals surface area contributed by atoms with Crippen LogP contribution in [0.15, 0.2) is 69.9 Å². The molecule has 37 heavy (non-hydrogen) atoms. The first-order chi connectivity index (χ1) is 17.7. The van der Waals surface area contributed by atoms with Crippen LogP contribution in [0.2, 0.25) is 0 Å². The fourth-order valence-corrected chi connectivity index (χ4v) is 5.01. The van der Waals surface area contributed by atoms with E-state index in [4.69, 9.17) is 0 Å². The molecule has 2 unspecified atom stereocenters. The van der Waals surface area contributed by atoms with Gasteiger partial charge in [0.15, 0.2) is 0 Å². The Morgan fingerprint density at radius 1 is 0.730 bits per heavy atom. The van der Waals surface area contributed by atoms with Gasteiger partial charge in [-0.15, -0.1) is 0 Å². The molecule has 0 aromatic carbocycles. The Morgan fingerprint density at radius 3 is 1.86 bits per heavy atom. The molecule has 0 bridgehead atoms. The van der Waals surface area contributed by atoms with Crippen LogP contribution in [0.1, 0.15) is 132 Å². The Balaban J connectivity index is 2.72. The van der Waals surface area contributed by atoms with Gasteiger partial charge in [0.25, 0.3) is 0 Å². The van der Waals surface area contributed by atoms with Crippen molar-refractivity contribution in [2.45, 2.75) is 132 Å². The second kappa shape index (κ2) is 20.4. The first-order valence-corrected chi connectivity index (χ1v) is 15.3. The molecular formula is C36H61N. The highest BCUT2D eigenvalue weighted by Gasteiger charge is 2.16. The molecule has 1 aliphatic heterocycles. The van der Waals surface area contributed by atoms with Crippen molar-refractivity contribution in [3.05, 3.63) is 69.9 Å². The summed E-state index contributed by atoms with van der Waals surface area (Å²) in [5.41, 5.74) is 9.19. The Morgan fingerprint density at radius 2 is 1.27 bits per heavy atom. The Kier molecular flexibility index (Phi) is 18.4. The Hall–Kier alpha value is -1.60. The van der Waals surface area contributed by atoms with Crippen LogP contribution in [0.5, 0.6) is 0 Å². The molecule has 1 heterocycles. The van der Waals surface area contributed by atoms with Gasteiger partial charge in [0.1, 0.15) is 0 Å². The summed E-state index contributed by atoms with van der Waals surface area (Å²) in [5, 5.41) is 3.72. The molecule has 0 fully saturated rings. The van der Waals surface area contributed by atoms with Gasteiger partial charge < -0.3 is 5.32 Å². The van der Waals surface area contributed by atoms with Crippen LogP contribution < -0.4 is 5.32 Å². The first-order valence-electron chi connectivity index (χ1n) is 15.3. The van der Waals surface area contributed by atoms with Crippen molar-refractivity contribution in [3.63, 3.8) is 0 Å². The lowest BCUT2D eigenvalue weighted by molar-refractivity contribution is 0.393. The molecule has 1 rings (SSSR count). The molecule has 0 spiro atoms. The normalized spacial score (nSPS) is 21.7. The van der Waals surface area contributed by atoms with Crippen molar-refractivity contribution < 1.29 is 0 Å². The lowest BCUT2D eigenvalue weighted by Gasteiger charge is -2.24. The summed E-state index contributed by atoms with van der Waals surface area (Å²) in [6.45, 7) is 20.5. The van der Waals surface area contributed by atoms with Gasteiger partial charge in [0.05, 0.1) is 0 Å². The maximum Gasteiger partial charge on any atom is -0.00174 e. The largest absolute Gasteiger partial charge is 0.316 e. The van der Waals surface area contributed by atoms with Gasteiger partial charge in [-0.2, -0.15) is 0 Å². The van der Waals surface area contributed by atoms with Crippen molar-refractivity contribution >= 4 is 0 Å². The van der Waals surface area contributed by atoms with Gasteiger partial charge in [-0.25, -0.2) is 0 Å². The molecule has 210 valence electrons. The van der Waals surface area contributed by atoms with Crippen molar-refractivity contribution in [3.8, 4) is 0 Å². The van der Waals surface area contributed by atoms with Gasteiger partial charge in [-0.1, -0.05) is 76.8 Å². The van der Waals surface area contributed by atoms with E-state index in [1.807, 2.05) is 0 Å². The van der Waals surface area contributed by atoms with Gasteiger partial charge in [-0.3, -0.25) is 0 Å². The van der Waals surface area contributed by atoms with Gasteiger partial charge in [0.2, 0.25) is 0 Å². The minimum Gasteiger partial charge on any atom is -0.316 e. The topological polar surface area (TPSA) is 12.0 Å². The summed E-state index contributed by atoms with van der Waals surface area (Å²) in [6.07, 6.45) is 29.5. The summed E-state index contributed by atoms with van der Waals surface area (Å²) < 4.78 is 0. The van der Waals surface area contributed by atoms with E-state index in [2.05, 4.69) is 97.2 Å². The number of hydrogen-bond acceptors (Lipinski definition) is 1. The van der Waals surface area contributed by atoms with Crippen molar-refractivity contribution in [1.82, 2.24) is 5.32 Å². The SMILES string of the molecule is CC(C)=CCC/C(C)=C/CC/C(C)=C/CC1/C=C(/CC/C=C(\C)CCC=C(C)C)CCCCNCC1C. The Bertz CT molecular complexity index is 806. The number of allylic oxidation sites excluding steroid dienone is 12.